The summed E-state index contributed by atoms with van der Waals surface area (Å²) < 4.78 is 48.5. The van der Waals surface area contributed by atoms with Gasteiger partial charge in [0.1, 0.15) is 6.04 Å². The molecule has 2 unspecified atom stereocenters. The third-order valence-corrected chi connectivity index (χ3v) is 2.83. The van der Waals surface area contributed by atoms with E-state index in [1.54, 1.807) is 0 Å². The number of rotatable bonds is 4. The molecule has 0 N–H and O–H groups in total. The molecule has 0 radical (unpaired) electrons. The van der Waals surface area contributed by atoms with Gasteiger partial charge < -0.3 is 9.47 Å². The van der Waals surface area contributed by atoms with Crippen LogP contribution in [0.1, 0.15) is 20.8 Å². The van der Waals surface area contributed by atoms with Crippen LogP contribution in [0.2, 0.25) is 0 Å². The summed E-state index contributed by atoms with van der Waals surface area (Å²) in [5, 5.41) is 0. The number of alkyl halides is 3. The molecule has 20 heavy (non-hydrogen) atoms. The van der Waals surface area contributed by atoms with E-state index >= 15 is 0 Å². The molecule has 1 saturated heterocycles. The smallest absolute Gasteiger partial charge is 0.425 e. The van der Waals surface area contributed by atoms with E-state index in [4.69, 9.17) is 0 Å². The Balaban J connectivity index is 3.25. The minimum absolute atomic E-state index is 0.0802. The highest BCUT2D eigenvalue weighted by atomic mass is 19.4. The lowest BCUT2D eigenvalue weighted by atomic mass is 10.0. The maximum atomic E-state index is 13.2. The molecule has 0 aromatic carbocycles. The number of carbonyl (C=O) groups is 3. The monoisotopic (exact) mass is 297 g/mol. The summed E-state index contributed by atoms with van der Waals surface area (Å²) in [4.78, 5) is 34.6. The van der Waals surface area contributed by atoms with Gasteiger partial charge in [0.15, 0.2) is 5.78 Å². The summed E-state index contributed by atoms with van der Waals surface area (Å²) in [6.45, 7) is 3.09. The molecule has 6 nitrogen and oxygen atoms in total. The molecule has 0 aliphatic carbocycles. The van der Waals surface area contributed by atoms with Crippen LogP contribution in [0.25, 0.3) is 0 Å². The second-order valence-corrected chi connectivity index (χ2v) is 4.07. The van der Waals surface area contributed by atoms with E-state index in [-0.39, 0.29) is 18.1 Å². The van der Waals surface area contributed by atoms with E-state index in [0.29, 0.717) is 0 Å². The van der Waals surface area contributed by atoms with Crippen molar-refractivity contribution in [2.45, 2.75) is 38.5 Å². The normalized spacial score (nSPS) is 25.1. The third kappa shape index (κ3) is 2.20. The fourth-order valence-corrected chi connectivity index (χ4v) is 2.07. The Morgan fingerprint density at radius 2 is 1.65 bits per heavy atom. The predicted octanol–water partition coefficient (Wildman–Crippen LogP) is 1.28. The Morgan fingerprint density at radius 1 is 1.15 bits per heavy atom. The van der Waals surface area contributed by atoms with Crippen molar-refractivity contribution in [1.29, 1.82) is 0 Å². The number of nitrogens with zero attached hydrogens (tertiary/aromatic N) is 1. The average Bonchev–Trinajstić information content (AvgIpc) is 3.00. The first kappa shape index (κ1) is 16.3. The Bertz CT molecular complexity index is 436. The van der Waals surface area contributed by atoms with Crippen LogP contribution in [0.15, 0.2) is 0 Å². The molecule has 114 valence electrons. The van der Waals surface area contributed by atoms with Gasteiger partial charge in [0, 0.05) is 0 Å². The highest BCUT2D eigenvalue weighted by molar-refractivity contribution is 6.05. The van der Waals surface area contributed by atoms with Crippen molar-refractivity contribution in [2.24, 2.45) is 0 Å². The van der Waals surface area contributed by atoms with Crippen LogP contribution in [0, 0.1) is 0 Å². The van der Waals surface area contributed by atoms with Gasteiger partial charge in [-0.1, -0.05) is 0 Å². The zero-order valence-corrected chi connectivity index (χ0v) is 11.1. The van der Waals surface area contributed by atoms with Crippen molar-refractivity contribution < 1.29 is 37.0 Å². The quantitative estimate of drug-likeness (QED) is 0.577. The molecule has 9 heteroatoms. The van der Waals surface area contributed by atoms with Crippen LogP contribution in [0.3, 0.4) is 0 Å². The van der Waals surface area contributed by atoms with Gasteiger partial charge >= 0.3 is 18.2 Å². The molecule has 1 aliphatic heterocycles. The maximum Gasteiger partial charge on any atom is 0.425 e. The summed E-state index contributed by atoms with van der Waals surface area (Å²) in [6.07, 6.45) is -6.51. The molecular formula is C11H14F3NO5. The second kappa shape index (κ2) is 5.29. The molecule has 2 atom stereocenters. The molecule has 1 heterocycles. The lowest BCUT2D eigenvalue weighted by Crippen LogP contribution is -2.48. The maximum absolute atomic E-state index is 13.2. The van der Waals surface area contributed by atoms with E-state index < -0.39 is 35.6 Å². The first-order valence-electron chi connectivity index (χ1n) is 5.86. The first-order valence-corrected chi connectivity index (χ1v) is 5.86. The van der Waals surface area contributed by atoms with Gasteiger partial charge in [-0.3, -0.25) is 9.69 Å². The fourth-order valence-electron chi connectivity index (χ4n) is 2.07. The van der Waals surface area contributed by atoms with Crippen LogP contribution < -0.4 is 0 Å². The summed E-state index contributed by atoms with van der Waals surface area (Å²) in [5.74, 6) is -2.65. The molecule has 1 aliphatic rings. The van der Waals surface area contributed by atoms with E-state index in [1.165, 1.54) is 13.8 Å². The largest absolute Gasteiger partial charge is 0.464 e. The predicted molar refractivity (Wildman–Crippen MR) is 58.7 cm³/mol. The zero-order chi connectivity index (χ0) is 15.7. The Morgan fingerprint density at radius 3 is 2.00 bits per heavy atom. The van der Waals surface area contributed by atoms with Gasteiger partial charge in [0.25, 0.3) is 5.54 Å². The minimum atomic E-state index is -5.14. The SMILES string of the molecule is CCOC(=O)N1C(C(C)=O)C1(C(=O)OCC)C(F)(F)F. The van der Waals surface area contributed by atoms with Gasteiger partial charge in [-0.05, 0) is 20.8 Å². The highest BCUT2D eigenvalue weighted by Gasteiger charge is 2.87. The third-order valence-electron chi connectivity index (χ3n) is 2.83. The van der Waals surface area contributed by atoms with Crippen molar-refractivity contribution >= 4 is 17.8 Å². The highest BCUT2D eigenvalue weighted by Crippen LogP contribution is 2.54. The van der Waals surface area contributed by atoms with Gasteiger partial charge in [-0.25, -0.2) is 9.59 Å². The van der Waals surface area contributed by atoms with Gasteiger partial charge in [-0.15, -0.1) is 0 Å². The second-order valence-electron chi connectivity index (χ2n) is 4.07. The number of hydrogen-bond acceptors (Lipinski definition) is 5. The summed E-state index contributed by atoms with van der Waals surface area (Å²) >= 11 is 0. The molecule has 0 bridgehead atoms. The Labute approximate surface area is 112 Å². The molecule has 0 saturated carbocycles. The molecule has 1 fully saturated rings. The lowest BCUT2D eigenvalue weighted by Gasteiger charge is -2.18. The Hall–Kier alpha value is -1.80. The van der Waals surface area contributed by atoms with Crippen LogP contribution in [0.4, 0.5) is 18.0 Å². The van der Waals surface area contributed by atoms with Crippen LogP contribution >= 0.6 is 0 Å². The van der Waals surface area contributed by atoms with E-state index in [1.807, 2.05) is 0 Å². The van der Waals surface area contributed by atoms with Crippen molar-refractivity contribution in [3.63, 3.8) is 0 Å². The van der Waals surface area contributed by atoms with Gasteiger partial charge in [0.05, 0.1) is 13.2 Å². The van der Waals surface area contributed by atoms with E-state index in [9.17, 15) is 27.6 Å². The van der Waals surface area contributed by atoms with E-state index in [2.05, 4.69) is 9.47 Å². The van der Waals surface area contributed by atoms with Crippen molar-refractivity contribution in [3.05, 3.63) is 0 Å². The lowest BCUT2D eigenvalue weighted by molar-refractivity contribution is -0.194. The molecule has 0 aromatic rings. The number of carbonyl (C=O) groups excluding carboxylic acids is 3. The van der Waals surface area contributed by atoms with Crippen molar-refractivity contribution in [3.8, 4) is 0 Å². The van der Waals surface area contributed by atoms with Crippen LogP contribution in [-0.4, -0.2) is 53.7 Å². The van der Waals surface area contributed by atoms with E-state index in [0.717, 1.165) is 6.92 Å². The zero-order valence-electron chi connectivity index (χ0n) is 11.1. The van der Waals surface area contributed by atoms with Crippen molar-refractivity contribution in [1.82, 2.24) is 4.90 Å². The number of ether oxygens (including phenoxy) is 2. The van der Waals surface area contributed by atoms with Gasteiger partial charge in [-0.2, -0.15) is 13.2 Å². The molecule has 0 aromatic heterocycles. The number of hydrogen-bond donors (Lipinski definition) is 0. The summed E-state index contributed by atoms with van der Waals surface area (Å²) in [7, 11) is 0. The molecule has 1 amide bonds. The van der Waals surface area contributed by atoms with Crippen LogP contribution in [-0.2, 0) is 19.1 Å². The number of ketones is 1. The number of esters is 1. The Kier molecular flexibility index (Phi) is 4.30. The topological polar surface area (TPSA) is 72.7 Å². The van der Waals surface area contributed by atoms with Gasteiger partial charge in [0.2, 0.25) is 0 Å². The minimum Gasteiger partial charge on any atom is -0.464 e. The summed E-state index contributed by atoms with van der Waals surface area (Å²) in [6, 6.07) is -1.94. The molecule has 1 rings (SSSR count). The number of halogens is 3. The summed E-state index contributed by atoms with van der Waals surface area (Å²) in [5.41, 5.74) is -3.28. The average molecular weight is 297 g/mol. The first-order chi connectivity index (χ1) is 9.16. The number of amides is 1. The molecular weight excluding hydrogens is 283 g/mol. The fraction of sp³-hybridized carbons (Fsp3) is 0.727. The van der Waals surface area contributed by atoms with Crippen LogP contribution in [0.5, 0.6) is 0 Å². The van der Waals surface area contributed by atoms with Crippen molar-refractivity contribution in [2.75, 3.05) is 13.2 Å². The number of Topliss-reactive ketones (excluding diaryl/α,β-unsaturated/α-hetero) is 1. The molecule has 0 spiro atoms. The standard InChI is InChI=1S/C11H14F3NO5/c1-4-19-8(17)10(11(12,13)14)7(6(3)16)15(10)9(18)20-5-2/h7H,4-5H2,1-3H3.